The number of nitrogens with one attached hydrogen (secondary N) is 2. The fraction of sp³-hybridized carbons (Fsp3) is 0.737. The Bertz CT molecular complexity index is 408. The van der Waals surface area contributed by atoms with Crippen LogP contribution in [0.5, 0.6) is 0 Å². The zero-order chi connectivity index (χ0) is 18.8. The van der Waals surface area contributed by atoms with Gasteiger partial charge in [0.05, 0.1) is 0 Å². The molecule has 3 N–H and O–H groups in total. The molecule has 2 amide bonds. The highest BCUT2D eigenvalue weighted by molar-refractivity contribution is 6.34. The largest absolute Gasteiger partial charge is 0.481 e. The average molecular weight is 354 g/mol. The Balaban J connectivity index is 3.24. The summed E-state index contributed by atoms with van der Waals surface area (Å²) in [5.74, 6) is -1.86. The fourth-order valence-electron chi connectivity index (χ4n) is 2.44. The first-order chi connectivity index (χ1) is 12.1. The fourth-order valence-corrected chi connectivity index (χ4v) is 2.44. The quantitative estimate of drug-likeness (QED) is 0.239. The highest BCUT2D eigenvalue weighted by atomic mass is 16.4. The highest BCUT2D eigenvalue weighted by Crippen LogP contribution is 2.10. The van der Waals surface area contributed by atoms with Gasteiger partial charge in [-0.1, -0.05) is 44.3 Å². The van der Waals surface area contributed by atoms with E-state index in [1.807, 2.05) is 0 Å². The highest BCUT2D eigenvalue weighted by Gasteiger charge is 2.08. The molecule has 0 saturated carbocycles. The van der Waals surface area contributed by atoms with Crippen LogP contribution in [0.4, 0.5) is 0 Å². The summed E-state index contributed by atoms with van der Waals surface area (Å²) < 4.78 is 0. The summed E-state index contributed by atoms with van der Waals surface area (Å²) >= 11 is 0. The molecule has 0 unspecified atom stereocenters. The number of carbonyl (C=O) groups excluding carboxylic acids is 2. The second-order valence-corrected chi connectivity index (χ2v) is 6.21. The second kappa shape index (κ2) is 17.0. The van der Waals surface area contributed by atoms with Gasteiger partial charge in [-0.15, -0.1) is 0 Å². The molecule has 0 bridgehead atoms. The lowest BCUT2D eigenvalue weighted by molar-refractivity contribution is -0.138. The number of carboxylic acid groups (broad SMARTS) is 1. The number of unbranched alkanes of at least 4 members (excludes halogenated alkanes) is 9. The number of rotatable bonds is 15. The van der Waals surface area contributed by atoms with E-state index in [9.17, 15) is 14.4 Å². The minimum atomic E-state index is -0.694. The van der Waals surface area contributed by atoms with Crippen LogP contribution in [0.3, 0.4) is 0 Å². The lowest BCUT2D eigenvalue weighted by Crippen LogP contribution is -2.38. The van der Waals surface area contributed by atoms with Gasteiger partial charge in [0.1, 0.15) is 0 Å². The smallest absolute Gasteiger partial charge is 0.309 e. The number of carbonyl (C=O) groups is 3. The van der Waals surface area contributed by atoms with E-state index < -0.39 is 17.8 Å². The van der Waals surface area contributed by atoms with Gasteiger partial charge in [0.15, 0.2) is 0 Å². The number of allylic oxidation sites excluding steroid dienone is 2. The van der Waals surface area contributed by atoms with Crippen molar-refractivity contribution in [2.45, 2.75) is 77.0 Å². The van der Waals surface area contributed by atoms with Gasteiger partial charge < -0.3 is 15.7 Å². The summed E-state index contributed by atoms with van der Waals surface area (Å²) in [6.07, 6.45) is 16.5. The van der Waals surface area contributed by atoms with Crippen molar-refractivity contribution in [3.63, 3.8) is 0 Å². The predicted molar refractivity (Wildman–Crippen MR) is 99.3 cm³/mol. The zero-order valence-electron chi connectivity index (χ0n) is 15.5. The van der Waals surface area contributed by atoms with E-state index in [2.05, 4.69) is 22.8 Å². The SMILES string of the molecule is CNC(=O)C(=O)NCCCCC=CCCCCCCCCCC(=O)O. The zero-order valence-corrected chi connectivity index (χ0v) is 15.5. The number of aliphatic carboxylic acids is 1. The van der Waals surface area contributed by atoms with Gasteiger partial charge in [-0.05, 0) is 38.5 Å². The van der Waals surface area contributed by atoms with Crippen LogP contribution in [0.1, 0.15) is 77.0 Å². The molecule has 144 valence electrons. The molecule has 0 fully saturated rings. The summed E-state index contributed by atoms with van der Waals surface area (Å²) in [5, 5.41) is 13.4. The lowest BCUT2D eigenvalue weighted by atomic mass is 10.1. The minimum Gasteiger partial charge on any atom is -0.481 e. The molecule has 0 aromatic heterocycles. The maximum atomic E-state index is 11.2. The van der Waals surface area contributed by atoms with Gasteiger partial charge in [0.2, 0.25) is 0 Å². The van der Waals surface area contributed by atoms with E-state index >= 15 is 0 Å². The molecule has 0 aromatic rings. The van der Waals surface area contributed by atoms with Crippen LogP contribution in [-0.4, -0.2) is 36.5 Å². The molecule has 0 aliphatic carbocycles. The molecule has 6 nitrogen and oxygen atoms in total. The molecule has 0 radical (unpaired) electrons. The molecule has 0 aromatic carbocycles. The van der Waals surface area contributed by atoms with Crippen molar-refractivity contribution in [3.05, 3.63) is 12.2 Å². The van der Waals surface area contributed by atoms with Crippen molar-refractivity contribution in [1.29, 1.82) is 0 Å². The van der Waals surface area contributed by atoms with Gasteiger partial charge >= 0.3 is 17.8 Å². The number of hydrogen-bond donors (Lipinski definition) is 3. The van der Waals surface area contributed by atoms with Crippen molar-refractivity contribution < 1.29 is 19.5 Å². The number of amides is 2. The summed E-state index contributed by atoms with van der Waals surface area (Å²) in [6.45, 7) is 0.534. The van der Waals surface area contributed by atoms with Crippen LogP contribution in [0, 0.1) is 0 Å². The van der Waals surface area contributed by atoms with Crippen LogP contribution in [0.2, 0.25) is 0 Å². The van der Waals surface area contributed by atoms with Crippen molar-refractivity contribution in [2.75, 3.05) is 13.6 Å². The number of carboxylic acids is 1. The second-order valence-electron chi connectivity index (χ2n) is 6.21. The van der Waals surface area contributed by atoms with Gasteiger partial charge in [-0.2, -0.15) is 0 Å². The number of likely N-dealkylation sites (N-methyl/N-ethyl adjacent to an activating group) is 1. The van der Waals surface area contributed by atoms with E-state index in [0.717, 1.165) is 44.9 Å². The monoisotopic (exact) mass is 354 g/mol. The Morgan fingerprint density at radius 1 is 0.760 bits per heavy atom. The Hall–Kier alpha value is -1.85. The summed E-state index contributed by atoms with van der Waals surface area (Å²) in [4.78, 5) is 32.5. The molecular formula is C19H34N2O4. The molecule has 25 heavy (non-hydrogen) atoms. The van der Waals surface area contributed by atoms with Crippen LogP contribution in [0.15, 0.2) is 12.2 Å². The molecule has 0 atom stereocenters. The standard InChI is InChI=1S/C19H34N2O4/c1-20-18(24)19(25)21-16-14-12-10-8-6-4-2-3-5-7-9-11-13-15-17(22)23/h6,8H,2-5,7,9-16H2,1H3,(H,20,24)(H,21,25)(H,22,23). The van der Waals surface area contributed by atoms with E-state index in [0.29, 0.717) is 13.0 Å². The molecule has 0 aliphatic heterocycles. The van der Waals surface area contributed by atoms with Crippen LogP contribution in [0.25, 0.3) is 0 Å². The van der Waals surface area contributed by atoms with E-state index in [1.165, 1.54) is 32.7 Å². The van der Waals surface area contributed by atoms with Crippen LogP contribution < -0.4 is 10.6 Å². The molecule has 0 spiro atoms. The van der Waals surface area contributed by atoms with Crippen molar-refractivity contribution in [2.24, 2.45) is 0 Å². The Morgan fingerprint density at radius 2 is 1.28 bits per heavy atom. The normalized spacial score (nSPS) is 10.8. The van der Waals surface area contributed by atoms with Gasteiger partial charge in [0, 0.05) is 20.0 Å². The molecule has 6 heteroatoms. The third-order valence-electron chi connectivity index (χ3n) is 3.94. The predicted octanol–water partition coefficient (Wildman–Crippen LogP) is 3.17. The lowest BCUT2D eigenvalue weighted by Gasteiger charge is -2.02. The van der Waals surface area contributed by atoms with Crippen molar-refractivity contribution >= 4 is 17.8 Å². The third kappa shape index (κ3) is 16.8. The minimum absolute atomic E-state index is 0.297. The summed E-state index contributed by atoms with van der Waals surface area (Å²) in [5.41, 5.74) is 0. The third-order valence-corrected chi connectivity index (χ3v) is 3.94. The Labute approximate surface area is 151 Å². The first-order valence-electron chi connectivity index (χ1n) is 9.44. The first-order valence-corrected chi connectivity index (χ1v) is 9.44. The Kier molecular flexibility index (Phi) is 15.7. The van der Waals surface area contributed by atoms with Crippen molar-refractivity contribution in [1.82, 2.24) is 10.6 Å². The molecule has 0 rings (SSSR count). The van der Waals surface area contributed by atoms with Crippen molar-refractivity contribution in [3.8, 4) is 0 Å². The molecule has 0 aliphatic rings. The summed E-state index contributed by atoms with van der Waals surface area (Å²) in [7, 11) is 1.44. The summed E-state index contributed by atoms with van der Waals surface area (Å²) in [6, 6.07) is 0. The molecule has 0 saturated heterocycles. The van der Waals surface area contributed by atoms with E-state index in [1.54, 1.807) is 0 Å². The topological polar surface area (TPSA) is 95.5 Å². The maximum absolute atomic E-state index is 11.2. The van der Waals surface area contributed by atoms with Gasteiger partial charge in [0.25, 0.3) is 0 Å². The van der Waals surface area contributed by atoms with E-state index in [4.69, 9.17) is 5.11 Å². The number of hydrogen-bond acceptors (Lipinski definition) is 3. The van der Waals surface area contributed by atoms with Crippen LogP contribution >= 0.6 is 0 Å². The maximum Gasteiger partial charge on any atom is 0.309 e. The molecular weight excluding hydrogens is 320 g/mol. The van der Waals surface area contributed by atoms with Gasteiger partial charge in [-0.3, -0.25) is 14.4 Å². The average Bonchev–Trinajstić information content (AvgIpc) is 2.60. The van der Waals surface area contributed by atoms with E-state index in [-0.39, 0.29) is 0 Å². The van der Waals surface area contributed by atoms with Gasteiger partial charge in [-0.25, -0.2) is 0 Å². The Morgan fingerprint density at radius 3 is 1.84 bits per heavy atom. The first kappa shape index (κ1) is 23.1. The van der Waals surface area contributed by atoms with Crippen LogP contribution in [-0.2, 0) is 14.4 Å². The molecule has 0 heterocycles.